The molecule has 0 fully saturated rings. The summed E-state index contributed by atoms with van der Waals surface area (Å²) < 4.78 is 15.6. The van der Waals surface area contributed by atoms with Crippen molar-refractivity contribution in [1.29, 1.82) is 0 Å². The minimum absolute atomic E-state index is 0.236. The Labute approximate surface area is 245 Å². The second kappa shape index (κ2) is 27.3. The van der Waals surface area contributed by atoms with E-state index in [0.29, 0.717) is 16.9 Å². The molecule has 0 unspecified atom stereocenters. The van der Waals surface area contributed by atoms with Gasteiger partial charge < -0.3 is 10.1 Å². The minimum atomic E-state index is -0.236. The van der Waals surface area contributed by atoms with Crippen molar-refractivity contribution in [3.63, 3.8) is 0 Å². The molecule has 5 nitrogen and oxygen atoms in total. The summed E-state index contributed by atoms with van der Waals surface area (Å²) in [7, 11) is 0. The number of halogens is 1. The molecule has 0 saturated heterocycles. The largest absolute Gasteiger partial charge is 0.352 e. The van der Waals surface area contributed by atoms with Crippen molar-refractivity contribution in [2.45, 2.75) is 109 Å². The number of nitrogens with zero attached hydrogens (tertiary/aromatic N) is 3. The number of aryl methyl sites for hydroxylation is 1. The molecule has 0 aliphatic carbocycles. The van der Waals surface area contributed by atoms with Crippen LogP contribution in [0.4, 0.5) is 15.8 Å². The Bertz CT molecular complexity index is 1070. The van der Waals surface area contributed by atoms with Gasteiger partial charge in [0.1, 0.15) is 18.9 Å². The van der Waals surface area contributed by atoms with E-state index in [0.717, 1.165) is 29.3 Å². The Balaban J connectivity index is -0.000000768. The number of hydrogen-bond acceptors (Lipinski definition) is 4. The fourth-order valence-electron chi connectivity index (χ4n) is 2.71. The number of benzene rings is 1. The zero-order valence-electron chi connectivity index (χ0n) is 27.4. The van der Waals surface area contributed by atoms with E-state index < -0.39 is 0 Å². The van der Waals surface area contributed by atoms with Gasteiger partial charge in [0.2, 0.25) is 0 Å². The first-order chi connectivity index (χ1) is 19.3. The number of unbranched alkanes of at least 4 members (excludes halogenated alkanes) is 1. The molecular weight excluding hydrogens is 499 g/mol. The van der Waals surface area contributed by atoms with Gasteiger partial charge in [-0.05, 0) is 61.6 Å². The topological polar surface area (TPSA) is 59.3 Å². The van der Waals surface area contributed by atoms with Gasteiger partial charge in [-0.2, -0.15) is 5.10 Å². The van der Waals surface area contributed by atoms with Crippen LogP contribution in [-0.4, -0.2) is 21.4 Å². The van der Waals surface area contributed by atoms with E-state index in [-0.39, 0.29) is 5.82 Å². The van der Waals surface area contributed by atoms with Crippen LogP contribution in [0, 0.1) is 18.7 Å². The van der Waals surface area contributed by atoms with E-state index in [9.17, 15) is 4.39 Å². The van der Waals surface area contributed by atoms with Gasteiger partial charge in [0.15, 0.2) is 5.65 Å². The number of pyridine rings is 1. The average molecular weight is 557 g/mol. The summed E-state index contributed by atoms with van der Waals surface area (Å²) in [6, 6.07) is 9.03. The lowest BCUT2D eigenvalue weighted by atomic mass is 10.1. The number of anilines is 2. The van der Waals surface area contributed by atoms with Crippen LogP contribution in [0.3, 0.4) is 0 Å². The molecule has 3 rings (SSSR count). The summed E-state index contributed by atoms with van der Waals surface area (Å²) in [5.74, 6) is 0.648. The number of aromatic nitrogens is 3. The second-order valence-corrected chi connectivity index (χ2v) is 8.59. The van der Waals surface area contributed by atoms with E-state index >= 15 is 0 Å². The molecule has 1 aromatic carbocycles. The predicted octanol–water partition coefficient (Wildman–Crippen LogP) is 11.0. The molecule has 40 heavy (non-hydrogen) atoms. The van der Waals surface area contributed by atoms with Gasteiger partial charge in [0, 0.05) is 5.69 Å². The van der Waals surface area contributed by atoms with Gasteiger partial charge in [-0.25, -0.2) is 13.9 Å². The van der Waals surface area contributed by atoms with E-state index in [1.54, 1.807) is 17.5 Å². The third-order valence-electron chi connectivity index (χ3n) is 5.26. The lowest BCUT2D eigenvalue weighted by Gasteiger charge is -2.11. The molecule has 6 heteroatoms. The maximum Gasteiger partial charge on any atom is 0.179 e. The van der Waals surface area contributed by atoms with Crippen LogP contribution < -0.4 is 5.32 Å². The van der Waals surface area contributed by atoms with E-state index in [1.807, 2.05) is 65.7 Å². The van der Waals surface area contributed by atoms with Crippen LogP contribution in [-0.2, 0) is 4.79 Å². The van der Waals surface area contributed by atoms with Crippen molar-refractivity contribution in [3.05, 3.63) is 72.0 Å². The number of rotatable bonds is 7. The molecule has 0 spiro atoms. The molecular formula is C34H57FN4O. The minimum Gasteiger partial charge on any atom is -0.352 e. The number of allylic oxidation sites excluding steroid dienone is 4. The highest BCUT2D eigenvalue weighted by Gasteiger charge is 2.11. The highest BCUT2D eigenvalue weighted by Crippen LogP contribution is 2.26. The number of carbonyl (C=O) groups excluding carboxylic acids is 1. The lowest BCUT2D eigenvalue weighted by Crippen LogP contribution is -2.01. The molecule has 0 bridgehead atoms. The predicted molar refractivity (Wildman–Crippen MR) is 176 cm³/mol. The molecule has 0 saturated carbocycles. The maximum atomic E-state index is 13.8. The second-order valence-electron chi connectivity index (χ2n) is 8.59. The molecule has 2 aromatic heterocycles. The van der Waals surface area contributed by atoms with Gasteiger partial charge in [0.25, 0.3) is 0 Å². The highest BCUT2D eigenvalue weighted by atomic mass is 19.1. The molecule has 0 amide bonds. The third-order valence-corrected chi connectivity index (χ3v) is 5.26. The molecule has 0 radical (unpaired) electrons. The SMILES string of the molecule is C/C=C\C(=C/CC)c1ccc(Nc2ccc(C)c(F)c2)c2ncnn12.C=O.CC.CC.CCC(C)C.CCCC. The maximum absolute atomic E-state index is 13.8. The van der Waals surface area contributed by atoms with Crippen molar-refractivity contribution in [2.24, 2.45) is 5.92 Å². The molecule has 0 aliphatic heterocycles. The van der Waals surface area contributed by atoms with Gasteiger partial charge in [-0.1, -0.05) is 113 Å². The van der Waals surface area contributed by atoms with Crippen LogP contribution in [0.25, 0.3) is 11.2 Å². The summed E-state index contributed by atoms with van der Waals surface area (Å²) >= 11 is 0. The average Bonchev–Trinajstić information content (AvgIpc) is 3.49. The fourth-order valence-corrected chi connectivity index (χ4v) is 2.71. The standard InChI is InChI=1S/C20H21FN4.C5H12.C4H10.2C2H6.CH2O/c1-4-6-15(7-5-2)19-11-10-18(20-22-13-23-25(19)20)24-16-9-8-14(3)17(21)12-16;1-4-5(2)3;1-3-4-2;3*1-2/h4,6-13,24H,5H2,1-3H3;5H,4H2,1-3H3;3-4H2,1-2H3;2*1-2H3;1H2/b6-4-,15-7+;;;;;. The van der Waals surface area contributed by atoms with Gasteiger partial charge >= 0.3 is 0 Å². The van der Waals surface area contributed by atoms with Gasteiger partial charge in [-0.15, -0.1) is 0 Å². The number of nitrogens with one attached hydrogen (secondary N) is 1. The molecule has 226 valence electrons. The summed E-state index contributed by atoms with van der Waals surface area (Å²) in [5.41, 5.74) is 4.83. The summed E-state index contributed by atoms with van der Waals surface area (Å²) in [5, 5.41) is 7.59. The van der Waals surface area contributed by atoms with Crippen molar-refractivity contribution < 1.29 is 9.18 Å². The first kappa shape index (κ1) is 41.2. The van der Waals surface area contributed by atoms with Crippen LogP contribution in [0.1, 0.15) is 113 Å². The summed E-state index contributed by atoms with van der Waals surface area (Å²) in [4.78, 5) is 12.4. The molecule has 0 aliphatic rings. The van der Waals surface area contributed by atoms with Crippen LogP contribution in [0.2, 0.25) is 0 Å². The number of hydrogen-bond donors (Lipinski definition) is 1. The molecule has 2 heterocycles. The number of carbonyl (C=O) groups is 1. The van der Waals surface area contributed by atoms with Crippen molar-refractivity contribution in [2.75, 3.05) is 5.32 Å². The normalized spacial score (nSPS) is 10.0. The smallest absolute Gasteiger partial charge is 0.179 e. The monoisotopic (exact) mass is 556 g/mol. The zero-order chi connectivity index (χ0) is 31.5. The van der Waals surface area contributed by atoms with E-state index in [4.69, 9.17) is 4.79 Å². The third kappa shape index (κ3) is 16.0. The van der Waals surface area contributed by atoms with E-state index in [2.05, 4.69) is 69.1 Å². The first-order valence-electron chi connectivity index (χ1n) is 14.8. The van der Waals surface area contributed by atoms with E-state index in [1.165, 1.54) is 31.7 Å². The Morgan fingerprint density at radius 2 is 1.60 bits per heavy atom. The van der Waals surface area contributed by atoms with Crippen LogP contribution in [0.5, 0.6) is 0 Å². The lowest BCUT2D eigenvalue weighted by molar-refractivity contribution is -0.0980. The Morgan fingerprint density at radius 3 is 2.05 bits per heavy atom. The summed E-state index contributed by atoms with van der Waals surface area (Å²) in [6.45, 7) is 26.8. The Morgan fingerprint density at radius 1 is 1.02 bits per heavy atom. The van der Waals surface area contributed by atoms with Crippen molar-refractivity contribution in [1.82, 2.24) is 14.6 Å². The zero-order valence-corrected chi connectivity index (χ0v) is 27.4. The molecule has 1 N–H and O–H groups in total. The van der Waals surface area contributed by atoms with Crippen molar-refractivity contribution in [3.8, 4) is 0 Å². The molecule has 0 atom stereocenters. The molecule has 3 aromatic rings. The fraction of sp³-hybridized carbons (Fsp3) is 0.500. The van der Waals surface area contributed by atoms with Crippen LogP contribution >= 0.6 is 0 Å². The Kier molecular flexibility index (Phi) is 28.1. The quantitative estimate of drug-likeness (QED) is 0.294. The Hall–Kier alpha value is -3.28. The van der Waals surface area contributed by atoms with Crippen LogP contribution in [0.15, 0.2) is 54.9 Å². The van der Waals surface area contributed by atoms with Gasteiger partial charge in [-0.3, -0.25) is 0 Å². The first-order valence-corrected chi connectivity index (χ1v) is 14.8. The number of fused-ring (bicyclic) bond motifs is 1. The summed E-state index contributed by atoms with van der Waals surface area (Å²) in [6.07, 6.45) is 12.6. The van der Waals surface area contributed by atoms with Crippen molar-refractivity contribution >= 4 is 29.4 Å². The highest BCUT2D eigenvalue weighted by molar-refractivity contribution is 5.79. The van der Waals surface area contributed by atoms with Gasteiger partial charge in [0.05, 0.1) is 11.4 Å².